The van der Waals surface area contributed by atoms with Gasteiger partial charge in [0.25, 0.3) is 15.2 Å². The predicted molar refractivity (Wildman–Crippen MR) is 587 cm³/mol. The van der Waals surface area contributed by atoms with E-state index in [4.69, 9.17) is 127 Å². The number of hydrogen-bond acceptors (Lipinski definition) is 18. The molecule has 0 heterocycles. The van der Waals surface area contributed by atoms with Crippen molar-refractivity contribution >= 4 is 276 Å². The molecule has 64 heteroatoms. The van der Waals surface area contributed by atoms with Crippen molar-refractivity contribution in [2.75, 3.05) is 12.4 Å². The molecule has 6 rings (SSSR count). The van der Waals surface area contributed by atoms with Crippen LogP contribution >= 0.6 is 216 Å². The van der Waals surface area contributed by atoms with E-state index in [1.807, 2.05) is 140 Å². The zero-order valence-electron chi connectivity index (χ0n) is 73.5. The first-order valence-corrected chi connectivity index (χ1v) is 76.3. The molecule has 0 radical (unpaired) electrons. The van der Waals surface area contributed by atoms with Gasteiger partial charge in [-0.1, -0.05) is 174 Å². The van der Waals surface area contributed by atoms with Gasteiger partial charge in [0.05, 0.1) is 46.1 Å². The van der Waals surface area contributed by atoms with Crippen LogP contribution in [0.5, 0.6) is 0 Å². The smallest absolute Gasteiger partial charge is 1.00 e. The third-order valence-electron chi connectivity index (χ3n) is 14.8. The summed E-state index contributed by atoms with van der Waals surface area (Å²) >= 11 is 37.6. The van der Waals surface area contributed by atoms with E-state index in [-0.39, 0.29) is 159 Å². The van der Waals surface area contributed by atoms with E-state index in [1.165, 1.54) is 42.0 Å². The summed E-state index contributed by atoms with van der Waals surface area (Å²) in [6.45, 7) is 19.0. The van der Waals surface area contributed by atoms with Gasteiger partial charge in [-0.3, -0.25) is 43.8 Å². The largest absolute Gasteiger partial charge is 1.00 e. The van der Waals surface area contributed by atoms with Crippen molar-refractivity contribution in [3.63, 3.8) is 0 Å². The van der Waals surface area contributed by atoms with Crippen molar-refractivity contribution in [1.82, 2.24) is 20.7 Å². The quantitative estimate of drug-likeness (QED) is 0.00291. The Kier molecular flexibility index (Phi) is 127. The first kappa shape index (κ1) is 179. The van der Waals surface area contributed by atoms with E-state index in [0.717, 1.165) is 35.9 Å². The van der Waals surface area contributed by atoms with Crippen LogP contribution in [0.25, 0.3) is 4.85 Å². The van der Waals surface area contributed by atoms with Crippen molar-refractivity contribution in [1.29, 1.82) is 5.26 Å². The van der Waals surface area contributed by atoms with Gasteiger partial charge in [-0.2, -0.15) is 92.2 Å². The molecule has 0 aliphatic rings. The Balaban J connectivity index is -0.0000000908. The molecule has 0 saturated heterocycles. The maximum absolute atomic E-state index is 12.2. The number of alkyl halides is 20. The summed E-state index contributed by atoms with van der Waals surface area (Å²) in [7, 11) is -6.40. The number of sulfonamides is 1. The molecule has 144 heavy (non-hydrogen) atoms. The number of hydrogen-bond donors (Lipinski definition) is 13. The number of halogens is 33. The first-order valence-electron chi connectivity index (χ1n) is 36.9. The fraction of sp³-hybridized carbons (Fsp3) is 0.463. The third kappa shape index (κ3) is 125. The number of nitrogens with two attached hydrogens (primary N) is 6. The maximum Gasteiger partial charge on any atom is 1.00 e. The molecule has 0 fully saturated rings. The van der Waals surface area contributed by atoms with Gasteiger partial charge in [0.1, 0.15) is 12.3 Å². The summed E-state index contributed by atoms with van der Waals surface area (Å²) in [6, 6.07) is 43.0. The topological polar surface area (TPSA) is 481 Å². The summed E-state index contributed by atoms with van der Waals surface area (Å²) < 4.78 is 292. The maximum atomic E-state index is 12.2. The minimum absolute atomic E-state index is 0. The van der Waals surface area contributed by atoms with Crippen LogP contribution in [0.2, 0.25) is 10.0 Å². The van der Waals surface area contributed by atoms with Gasteiger partial charge in [0.15, 0.2) is 0 Å². The minimum atomic E-state index is -4.67. The van der Waals surface area contributed by atoms with Gasteiger partial charge in [-0.05, 0) is 124 Å². The zero-order chi connectivity index (χ0) is 109. The monoisotopic (exact) mass is 3240 g/mol. The number of carbonyl (C=O) groups is 5. The molecule has 0 aromatic heterocycles. The molecule has 0 spiro atoms. The van der Waals surface area contributed by atoms with E-state index in [1.54, 1.807) is 13.8 Å². The molecule has 0 saturated carbocycles. The normalized spacial score (nSPS) is 12.3. The number of nitrogens with zero attached hydrogens (tertiary/aromatic N) is 2. The second-order valence-corrected chi connectivity index (χ2v) is 83.9. The Labute approximate surface area is 981 Å². The molecule has 2 unspecified atom stereocenters. The second kappa shape index (κ2) is 102. The third-order valence-corrected chi connectivity index (χ3v) is 18.1. The van der Waals surface area contributed by atoms with Crippen LogP contribution in [-0.4, -0.2) is 149 Å². The first-order chi connectivity index (χ1) is 62.8. The number of aldehydes is 1. The van der Waals surface area contributed by atoms with Gasteiger partial charge in [-0.25, -0.2) is 28.7 Å². The Morgan fingerprint density at radius 3 is 0.882 bits per heavy atom. The van der Waals surface area contributed by atoms with E-state index < -0.39 is 178 Å². The SMILES string of the molecule is C.C.C.C.CO.C[C@@H](N)c1ccccc1.C[C@@H](NC(CCC(F)(F)F)C(N)=O)c1ccccc1.C[C@@H](N[C@H](CCC(F)(F)F)C(N)=O)c1ccccc1.Cl.Cl.ClCCl.II.I[I-]I.NC(=O)[C@@H](CCC(F)(F)F)NS(=O)(=O)c1ccc(Cl)cc1.NC(=O)[C@H](N)CCC(F)(F)F.O=CCCC(F)(F)F.O=S(=O)(Cl)c1ccc(Cl)cc1.O=S(=O)(O)O.[C-]#N.[C-]#[N+]C(CCC(F)(F)F)N[C@H](C)c1ccccc1.[I][V]([I])[I].[Na+]. The van der Waals surface area contributed by atoms with Crippen LogP contribution in [0.4, 0.5) is 79.0 Å². The molecule has 836 valence electrons. The molecule has 0 aliphatic carbocycles. The Morgan fingerprint density at radius 1 is 0.458 bits per heavy atom. The summed E-state index contributed by atoms with van der Waals surface area (Å²) in [4.78, 5) is 55.7. The van der Waals surface area contributed by atoms with Crippen molar-refractivity contribution in [2.45, 2.75) is 236 Å². The predicted octanol–water partition coefficient (Wildman–Crippen LogP) is 20.5. The summed E-state index contributed by atoms with van der Waals surface area (Å²) in [5.41, 5.74) is 34.3. The number of aliphatic hydroxyl groups is 1. The standard InChI is InChI=1S/2C13H17F3N2O.C13H15F3N2.C11H12ClF3N2O3S.C8H11N.C6H4Cl2O2S.C5H9F3N2O.C4H5F3O.CH2Cl2.CN.CH4O.4CH4.2ClH.I3.I2.3HI.Na.H2O4S.V/c2*1-9(10-5-3-2-4-6-10)18-11(12(17)19)7-8-13(14,15)16;1-10(11-6-4-3-5-7-11)18-12(17-2)8-9-13(14,15)16;12-7-1-3-8(4-2-7)21(19,20)17-9(10(16)18)5-6-11(13,14)15;1-7(9)8-5-3-2-4-6-8;7-5-1-3-6(4-2-5)11(8,9)10;6-5(7,8)2-1-3(9)4(10)11;5-4(6,7)2-1-3-8;2-1-3;2*1-2;;;;;;;1-3-2;1-2;;;;;1-5(2,3)4;/h2*2-6,9,11,18H,7-8H2,1H3,(H2,17,19);3-7,10,12,18H,8-9H2,1H3;1-4,9,17H,5-6H2,(H2,16,18);2-7H,9H2,1H3;1-4H;3H,1-2,9H2,(H2,10,11);3H,1-2H2;1H2;;2H,1H3;4*1H4;2*1H;;;3*1H;;(H2,1,2,3,4);/q;;;;;;;;;-1;;;;;;;;-1;;;;;+1;;+3/p-3/t9-,11?;9-,11-;10-,12?;9-;7-;;3-;;;;;;;;;;;;;;;;;;/m11111.1................../s1. The number of aliphatic hydroxyl groups excluding tert-OH is 1. The number of nitrogens with one attached hydrogen (secondary N) is 4. The average Bonchev–Trinajstić information content (AvgIpc) is 0.826. The molecule has 26 nitrogen and oxygen atoms in total. The van der Waals surface area contributed by atoms with Gasteiger partial charge >= 0.3 is 192 Å². The molecule has 6 aromatic carbocycles. The zero-order valence-corrected chi connectivity index (χ0v) is 102. The van der Waals surface area contributed by atoms with Gasteiger partial charge in [0.2, 0.25) is 33.7 Å². The van der Waals surface area contributed by atoms with E-state index in [0.29, 0.717) is 18.3 Å². The van der Waals surface area contributed by atoms with Crippen molar-refractivity contribution in [3.8, 4) is 0 Å². The molecule has 9 atom stereocenters. The van der Waals surface area contributed by atoms with Crippen LogP contribution < -0.4 is 97.9 Å². The van der Waals surface area contributed by atoms with E-state index in [9.17, 15) is 120 Å². The molecule has 0 aliphatic heterocycles. The summed E-state index contributed by atoms with van der Waals surface area (Å²) in [5, 5.41) is 22.8. The van der Waals surface area contributed by atoms with Gasteiger partial charge in [0, 0.05) is 128 Å². The number of carbonyl (C=O) groups excluding carboxylic acids is 5. The van der Waals surface area contributed by atoms with Crippen LogP contribution in [0.1, 0.15) is 181 Å². The Morgan fingerprint density at radius 2 is 0.681 bits per heavy atom. The molecule has 6 aromatic rings. The molecule has 4 amide bonds. The average molecular weight is 3250 g/mol. The van der Waals surface area contributed by atoms with Crippen LogP contribution in [0, 0.1) is 18.4 Å². The number of amides is 4. The van der Waals surface area contributed by atoms with Crippen molar-refractivity contribution in [2.24, 2.45) is 34.4 Å². The minimum Gasteiger partial charge on any atom is 1.00 e. The van der Waals surface area contributed by atoms with E-state index in [2.05, 4.69) is 161 Å². The van der Waals surface area contributed by atoms with Gasteiger partial charge in [-0.15, -0.1) is 48.0 Å². The fourth-order valence-corrected chi connectivity index (χ4v) is 10.9. The fourth-order valence-electron chi connectivity index (χ4n) is 8.60. The van der Waals surface area contributed by atoms with Gasteiger partial charge < -0.3 is 56.1 Å². The Hall–Kier alpha value is -0.466. The van der Waals surface area contributed by atoms with Crippen molar-refractivity contribution in [3.05, 3.63) is 220 Å². The molecular weight excluding hydrogens is 3130 g/mol. The number of benzene rings is 6. The number of primary amides is 4. The van der Waals surface area contributed by atoms with Crippen molar-refractivity contribution < 1.29 is 190 Å². The van der Waals surface area contributed by atoms with Crippen LogP contribution in [0.15, 0.2) is 180 Å². The second-order valence-electron chi connectivity index (χ2n) is 25.5. The summed E-state index contributed by atoms with van der Waals surface area (Å²) in [6.07, 6.45) is -35.3. The number of rotatable bonds is 30. The molecular formula is C80H116Cl7F18I8N12NaO14S3V-. The van der Waals surface area contributed by atoms with Crippen LogP contribution in [-0.2, 0) is 58.4 Å². The molecule has 0 bridgehead atoms. The van der Waals surface area contributed by atoms with Crippen LogP contribution in [0.3, 0.4) is 0 Å². The Bertz CT molecular complexity index is 4480. The molecule has 19 N–H and O–H groups in total. The summed E-state index contributed by atoms with van der Waals surface area (Å²) in [5.74, 6) is -3.63. The van der Waals surface area contributed by atoms with E-state index >= 15 is 0 Å².